The highest BCUT2D eigenvalue weighted by Crippen LogP contribution is 2.26. The van der Waals surface area contributed by atoms with Gasteiger partial charge < -0.3 is 10.1 Å². The Bertz CT molecular complexity index is 1210. The number of nitrogens with one attached hydrogen (secondary N) is 1. The minimum Gasteiger partial charge on any atom is -0.380 e. The van der Waals surface area contributed by atoms with Gasteiger partial charge in [-0.2, -0.15) is 5.26 Å². The van der Waals surface area contributed by atoms with E-state index in [4.69, 9.17) is 27.9 Å². The highest BCUT2D eigenvalue weighted by molar-refractivity contribution is 6.35. The zero-order valence-electron chi connectivity index (χ0n) is 19.4. The number of halogens is 2. The molecule has 6 nitrogen and oxygen atoms in total. The second-order valence-electron chi connectivity index (χ2n) is 8.43. The summed E-state index contributed by atoms with van der Waals surface area (Å²) in [5.41, 5.74) is 3.81. The van der Waals surface area contributed by atoms with E-state index in [-0.39, 0.29) is 12.1 Å². The van der Waals surface area contributed by atoms with Gasteiger partial charge in [0.1, 0.15) is 0 Å². The smallest absolute Gasteiger partial charge is 0.326 e. The van der Waals surface area contributed by atoms with Crippen LogP contribution in [0.2, 0.25) is 10.0 Å². The summed E-state index contributed by atoms with van der Waals surface area (Å²) in [5, 5.41) is 13.0. The lowest BCUT2D eigenvalue weighted by molar-refractivity contribution is 0.108. The van der Waals surface area contributed by atoms with E-state index in [0.717, 1.165) is 42.9 Å². The number of urea groups is 1. The van der Waals surface area contributed by atoms with Crippen LogP contribution in [0.15, 0.2) is 66.7 Å². The number of carbonyl (C=O) groups excluding carboxylic acids is 1. The van der Waals surface area contributed by atoms with Crippen LogP contribution in [0.4, 0.5) is 16.2 Å². The third-order valence-corrected chi connectivity index (χ3v) is 6.50. The molecule has 8 heteroatoms. The van der Waals surface area contributed by atoms with Crippen molar-refractivity contribution in [1.29, 1.82) is 5.26 Å². The van der Waals surface area contributed by atoms with E-state index in [1.54, 1.807) is 36.3 Å². The molecule has 1 saturated heterocycles. The Morgan fingerprint density at radius 3 is 2.51 bits per heavy atom. The first kappa shape index (κ1) is 25.0. The number of hydrogen-bond donors (Lipinski definition) is 1. The van der Waals surface area contributed by atoms with Gasteiger partial charge >= 0.3 is 6.03 Å². The Morgan fingerprint density at radius 1 is 1.11 bits per heavy atom. The molecule has 0 saturated carbocycles. The predicted octanol–water partition coefficient (Wildman–Crippen LogP) is 6.29. The van der Waals surface area contributed by atoms with Gasteiger partial charge in [-0.05, 0) is 60.0 Å². The summed E-state index contributed by atoms with van der Waals surface area (Å²) in [7, 11) is 1.73. The van der Waals surface area contributed by atoms with E-state index >= 15 is 0 Å². The summed E-state index contributed by atoms with van der Waals surface area (Å²) in [5.74, 6) is 0. The SMILES string of the molecule is CO[C@@H]1CCN(CCN(C(=O)Nc2cc(Cl)cc(Cl)c2)c2ccc(-c3cccc(C#N)c3)cc2)C1. The predicted molar refractivity (Wildman–Crippen MR) is 141 cm³/mol. The van der Waals surface area contributed by atoms with Gasteiger partial charge in [-0.3, -0.25) is 9.80 Å². The van der Waals surface area contributed by atoms with Crippen LogP contribution in [0.5, 0.6) is 0 Å². The fraction of sp³-hybridized carbons (Fsp3) is 0.259. The number of benzene rings is 3. The highest BCUT2D eigenvalue weighted by Gasteiger charge is 2.24. The lowest BCUT2D eigenvalue weighted by atomic mass is 10.0. The molecular weight excluding hydrogens is 483 g/mol. The summed E-state index contributed by atoms with van der Waals surface area (Å²) < 4.78 is 5.47. The van der Waals surface area contributed by atoms with Crippen molar-refractivity contribution < 1.29 is 9.53 Å². The first-order valence-electron chi connectivity index (χ1n) is 11.4. The third kappa shape index (κ3) is 6.53. The lowest BCUT2D eigenvalue weighted by Gasteiger charge is -2.26. The average Bonchev–Trinajstić information content (AvgIpc) is 3.32. The Kier molecular flexibility index (Phi) is 8.27. The van der Waals surface area contributed by atoms with E-state index in [2.05, 4.69) is 16.3 Å². The molecular formula is C27H26Cl2N4O2. The molecule has 0 aliphatic carbocycles. The van der Waals surface area contributed by atoms with Gasteiger partial charge in [0, 0.05) is 54.7 Å². The summed E-state index contributed by atoms with van der Waals surface area (Å²) in [6.45, 7) is 3.01. The van der Waals surface area contributed by atoms with E-state index in [1.807, 2.05) is 42.5 Å². The largest absolute Gasteiger partial charge is 0.380 e. The van der Waals surface area contributed by atoms with Gasteiger partial charge in [0.15, 0.2) is 0 Å². The number of carbonyl (C=O) groups is 1. The topological polar surface area (TPSA) is 68.6 Å². The summed E-state index contributed by atoms with van der Waals surface area (Å²) in [6, 6.07) is 22.0. The van der Waals surface area contributed by atoms with Crippen molar-refractivity contribution in [3.05, 3.63) is 82.3 Å². The molecule has 0 aromatic heterocycles. The van der Waals surface area contributed by atoms with Crippen LogP contribution >= 0.6 is 23.2 Å². The quantitative estimate of drug-likeness (QED) is 0.407. The molecule has 4 rings (SSSR count). The van der Waals surface area contributed by atoms with Crippen LogP contribution in [-0.2, 0) is 4.74 Å². The fourth-order valence-electron chi connectivity index (χ4n) is 4.20. The molecule has 0 bridgehead atoms. The monoisotopic (exact) mass is 508 g/mol. The fourth-order valence-corrected chi connectivity index (χ4v) is 4.73. The maximum atomic E-state index is 13.3. The molecule has 1 aliphatic heterocycles. The van der Waals surface area contributed by atoms with Gasteiger partial charge in [0.2, 0.25) is 0 Å². The second-order valence-corrected chi connectivity index (χ2v) is 9.30. The zero-order chi connectivity index (χ0) is 24.8. The molecule has 3 aromatic carbocycles. The number of ether oxygens (including phenoxy) is 1. The minimum absolute atomic E-state index is 0.231. The van der Waals surface area contributed by atoms with Crippen molar-refractivity contribution >= 4 is 40.6 Å². The summed E-state index contributed by atoms with van der Waals surface area (Å²) in [6.07, 6.45) is 1.22. The van der Waals surface area contributed by atoms with Crippen molar-refractivity contribution in [2.24, 2.45) is 0 Å². The van der Waals surface area contributed by atoms with Crippen molar-refractivity contribution in [2.75, 3.05) is 43.5 Å². The maximum absolute atomic E-state index is 13.3. The highest BCUT2D eigenvalue weighted by atomic mass is 35.5. The average molecular weight is 509 g/mol. The van der Waals surface area contributed by atoms with E-state index in [1.165, 1.54) is 0 Å². The molecule has 1 fully saturated rings. The number of nitriles is 1. The molecule has 0 spiro atoms. The van der Waals surface area contributed by atoms with Crippen LogP contribution < -0.4 is 10.2 Å². The molecule has 2 amide bonds. The third-order valence-electron chi connectivity index (χ3n) is 6.07. The molecule has 180 valence electrons. The molecule has 3 aromatic rings. The van der Waals surface area contributed by atoms with Crippen LogP contribution in [0, 0.1) is 11.3 Å². The Labute approximate surface area is 215 Å². The van der Waals surface area contributed by atoms with E-state index in [9.17, 15) is 10.1 Å². The van der Waals surface area contributed by atoms with Crippen molar-refractivity contribution in [2.45, 2.75) is 12.5 Å². The number of anilines is 2. The molecule has 1 aliphatic rings. The molecule has 0 unspecified atom stereocenters. The molecule has 0 radical (unpaired) electrons. The van der Waals surface area contributed by atoms with Crippen molar-refractivity contribution in [3.8, 4) is 17.2 Å². The van der Waals surface area contributed by atoms with Crippen LogP contribution in [0.25, 0.3) is 11.1 Å². The number of amides is 2. The van der Waals surface area contributed by atoms with E-state index in [0.29, 0.717) is 27.8 Å². The molecule has 1 atom stereocenters. The van der Waals surface area contributed by atoms with Gasteiger partial charge in [-0.1, -0.05) is 47.5 Å². The first-order valence-corrected chi connectivity index (χ1v) is 12.1. The zero-order valence-corrected chi connectivity index (χ0v) is 20.9. The van der Waals surface area contributed by atoms with Gasteiger partial charge in [0.05, 0.1) is 17.7 Å². The lowest BCUT2D eigenvalue weighted by Crippen LogP contribution is -2.40. The number of nitrogens with zero attached hydrogens (tertiary/aromatic N) is 3. The molecule has 35 heavy (non-hydrogen) atoms. The maximum Gasteiger partial charge on any atom is 0.326 e. The normalized spacial score (nSPS) is 15.5. The van der Waals surface area contributed by atoms with Gasteiger partial charge in [-0.25, -0.2) is 4.79 Å². The Balaban J connectivity index is 1.55. The Morgan fingerprint density at radius 2 is 1.86 bits per heavy atom. The summed E-state index contributed by atoms with van der Waals surface area (Å²) >= 11 is 12.2. The van der Waals surface area contributed by atoms with Crippen LogP contribution in [0.3, 0.4) is 0 Å². The van der Waals surface area contributed by atoms with Gasteiger partial charge in [0.25, 0.3) is 0 Å². The molecule has 1 heterocycles. The number of hydrogen-bond acceptors (Lipinski definition) is 4. The number of rotatable bonds is 7. The number of methoxy groups -OCH3 is 1. The van der Waals surface area contributed by atoms with Gasteiger partial charge in [-0.15, -0.1) is 0 Å². The van der Waals surface area contributed by atoms with Crippen molar-refractivity contribution in [1.82, 2.24) is 4.90 Å². The Hall–Kier alpha value is -3.08. The minimum atomic E-state index is -0.273. The summed E-state index contributed by atoms with van der Waals surface area (Å²) in [4.78, 5) is 17.4. The molecule has 1 N–H and O–H groups in total. The van der Waals surface area contributed by atoms with E-state index < -0.39 is 0 Å². The van der Waals surface area contributed by atoms with Crippen molar-refractivity contribution in [3.63, 3.8) is 0 Å². The first-order chi connectivity index (χ1) is 16.9. The van der Waals surface area contributed by atoms with Crippen LogP contribution in [-0.4, -0.2) is 50.3 Å². The van der Waals surface area contributed by atoms with Crippen LogP contribution in [0.1, 0.15) is 12.0 Å². The second kappa shape index (κ2) is 11.6. The standard InChI is InChI=1S/C27H26Cl2N4O2/c1-35-26-9-10-32(18-26)11-12-33(27(34)31-24-15-22(28)14-23(29)16-24)25-7-5-20(6-8-25)21-4-2-3-19(13-21)17-30/h2-8,13-16,26H,9-12,18H2,1H3,(H,31,34)/t26-/m1/s1. The number of likely N-dealkylation sites (tertiary alicyclic amines) is 1.